The van der Waals surface area contributed by atoms with Gasteiger partial charge in [0.1, 0.15) is 5.75 Å². The molecule has 2 aromatic rings. The van der Waals surface area contributed by atoms with Crippen LogP contribution in [0.3, 0.4) is 0 Å². The number of carbonyl (C=O) groups excluding carboxylic acids is 2. The van der Waals surface area contributed by atoms with Gasteiger partial charge in [-0.15, -0.1) is 0 Å². The van der Waals surface area contributed by atoms with Crippen LogP contribution in [-0.4, -0.2) is 30.4 Å². The molecule has 0 saturated carbocycles. The molecular formula is C18H17NO6. The first-order chi connectivity index (χ1) is 12.0. The molecule has 7 heteroatoms. The fourth-order valence-corrected chi connectivity index (χ4v) is 2.13. The molecule has 0 atom stereocenters. The summed E-state index contributed by atoms with van der Waals surface area (Å²) in [4.78, 5) is 33.8. The Morgan fingerprint density at radius 2 is 1.84 bits per heavy atom. The van der Waals surface area contributed by atoms with Gasteiger partial charge in [-0.1, -0.05) is 24.3 Å². The molecule has 0 heterocycles. The van der Waals surface area contributed by atoms with E-state index in [1.54, 1.807) is 19.2 Å². The van der Waals surface area contributed by atoms with Gasteiger partial charge in [0, 0.05) is 24.1 Å². The van der Waals surface area contributed by atoms with Gasteiger partial charge in [0.2, 0.25) is 5.78 Å². The van der Waals surface area contributed by atoms with E-state index in [-0.39, 0.29) is 17.7 Å². The largest absolute Gasteiger partial charge is 0.497 e. The van der Waals surface area contributed by atoms with Crippen LogP contribution in [0.4, 0.5) is 5.69 Å². The third-order valence-electron chi connectivity index (χ3n) is 3.52. The van der Waals surface area contributed by atoms with Gasteiger partial charge in [0.25, 0.3) is 5.69 Å². The smallest absolute Gasteiger partial charge is 0.306 e. The van der Waals surface area contributed by atoms with Gasteiger partial charge >= 0.3 is 5.97 Å². The molecule has 0 saturated heterocycles. The Hall–Kier alpha value is -3.22. The molecule has 0 amide bonds. The summed E-state index contributed by atoms with van der Waals surface area (Å²) in [5.41, 5.74) is 0.900. The first kappa shape index (κ1) is 18.1. The number of carbonyl (C=O) groups is 2. The number of aryl methyl sites for hydroxylation is 1. The van der Waals surface area contributed by atoms with Crippen molar-refractivity contribution in [2.75, 3.05) is 13.7 Å². The van der Waals surface area contributed by atoms with Gasteiger partial charge in [-0.05, 0) is 24.1 Å². The van der Waals surface area contributed by atoms with Crippen molar-refractivity contribution in [2.45, 2.75) is 12.8 Å². The number of benzene rings is 2. The van der Waals surface area contributed by atoms with Crippen molar-refractivity contribution < 1.29 is 24.0 Å². The van der Waals surface area contributed by atoms with Crippen molar-refractivity contribution in [2.24, 2.45) is 0 Å². The van der Waals surface area contributed by atoms with Crippen molar-refractivity contribution in [3.8, 4) is 5.75 Å². The maximum atomic E-state index is 12.0. The summed E-state index contributed by atoms with van der Waals surface area (Å²) in [5, 5.41) is 10.7. The highest BCUT2D eigenvalue weighted by molar-refractivity contribution is 5.98. The predicted molar refractivity (Wildman–Crippen MR) is 89.7 cm³/mol. The maximum Gasteiger partial charge on any atom is 0.306 e. The van der Waals surface area contributed by atoms with Crippen molar-refractivity contribution in [3.05, 3.63) is 69.8 Å². The van der Waals surface area contributed by atoms with Gasteiger partial charge in [-0.25, -0.2) is 0 Å². The number of non-ortho nitro benzene ring substituents is 1. The number of rotatable bonds is 8. The van der Waals surface area contributed by atoms with Gasteiger partial charge < -0.3 is 9.47 Å². The van der Waals surface area contributed by atoms with E-state index in [4.69, 9.17) is 9.47 Å². The number of Topliss-reactive ketones (excluding diaryl/α,β-unsaturated/α-hetero) is 1. The molecule has 0 N–H and O–H groups in total. The average molecular weight is 343 g/mol. The molecule has 0 radical (unpaired) electrons. The van der Waals surface area contributed by atoms with Crippen LogP contribution in [0, 0.1) is 10.1 Å². The highest BCUT2D eigenvalue weighted by Gasteiger charge is 2.13. The van der Waals surface area contributed by atoms with Crippen molar-refractivity contribution in [3.63, 3.8) is 0 Å². The summed E-state index contributed by atoms with van der Waals surface area (Å²) in [7, 11) is 1.57. The lowest BCUT2D eigenvalue weighted by Gasteiger charge is -2.05. The molecule has 130 valence electrons. The topological polar surface area (TPSA) is 95.7 Å². The summed E-state index contributed by atoms with van der Waals surface area (Å²) >= 11 is 0. The van der Waals surface area contributed by atoms with E-state index < -0.39 is 23.3 Å². The fraction of sp³-hybridized carbons (Fsp3) is 0.222. The number of hydrogen-bond donors (Lipinski definition) is 0. The van der Waals surface area contributed by atoms with E-state index in [0.717, 1.165) is 17.4 Å². The Kier molecular flexibility index (Phi) is 6.22. The van der Waals surface area contributed by atoms with Crippen LogP contribution in [0.25, 0.3) is 0 Å². The third-order valence-corrected chi connectivity index (χ3v) is 3.52. The van der Waals surface area contributed by atoms with E-state index in [9.17, 15) is 19.7 Å². The van der Waals surface area contributed by atoms with Crippen LogP contribution in [0.2, 0.25) is 0 Å². The lowest BCUT2D eigenvalue weighted by Crippen LogP contribution is -2.14. The number of nitro groups is 1. The first-order valence-electron chi connectivity index (χ1n) is 7.56. The summed E-state index contributed by atoms with van der Waals surface area (Å²) in [5.74, 6) is -0.259. The zero-order valence-electron chi connectivity index (χ0n) is 13.6. The molecule has 0 bridgehead atoms. The minimum Gasteiger partial charge on any atom is -0.497 e. The number of ether oxygens (including phenoxy) is 2. The molecule has 0 unspecified atom stereocenters. The molecule has 0 aliphatic rings. The van der Waals surface area contributed by atoms with E-state index in [2.05, 4.69) is 0 Å². The Morgan fingerprint density at radius 3 is 2.48 bits per heavy atom. The summed E-state index contributed by atoms with van der Waals surface area (Å²) in [6.45, 7) is -0.442. The third kappa shape index (κ3) is 5.42. The quantitative estimate of drug-likeness (QED) is 0.316. The van der Waals surface area contributed by atoms with Crippen LogP contribution in [0.5, 0.6) is 5.75 Å². The molecule has 0 aromatic heterocycles. The molecule has 7 nitrogen and oxygen atoms in total. The number of nitro benzene ring substituents is 1. The van der Waals surface area contributed by atoms with Crippen LogP contribution < -0.4 is 4.74 Å². The summed E-state index contributed by atoms with van der Waals surface area (Å²) in [6.07, 6.45) is 0.613. The normalized spacial score (nSPS) is 10.1. The minimum atomic E-state index is -0.586. The predicted octanol–water partition coefficient (Wildman–Crippen LogP) is 2.96. The van der Waals surface area contributed by atoms with Crippen molar-refractivity contribution in [1.82, 2.24) is 0 Å². The Bertz CT molecular complexity index is 769. The Labute approximate surface area is 144 Å². The lowest BCUT2D eigenvalue weighted by molar-refractivity contribution is -0.384. The molecule has 0 aliphatic heterocycles. The molecule has 0 aliphatic carbocycles. The average Bonchev–Trinajstić information content (AvgIpc) is 2.64. The molecule has 2 rings (SSSR count). The fourth-order valence-electron chi connectivity index (χ4n) is 2.13. The van der Waals surface area contributed by atoms with Crippen molar-refractivity contribution >= 4 is 17.4 Å². The highest BCUT2D eigenvalue weighted by atomic mass is 16.6. The van der Waals surface area contributed by atoms with Crippen LogP contribution >= 0.6 is 0 Å². The SMILES string of the molecule is COc1ccc(CCC(=O)OCC(=O)c2cccc([N+](=O)[O-])c2)cc1. The van der Waals surface area contributed by atoms with Crippen molar-refractivity contribution in [1.29, 1.82) is 0 Å². The van der Waals surface area contributed by atoms with E-state index in [1.165, 1.54) is 18.2 Å². The zero-order valence-corrected chi connectivity index (χ0v) is 13.6. The van der Waals surface area contributed by atoms with E-state index in [1.807, 2.05) is 12.1 Å². The van der Waals surface area contributed by atoms with Crippen LogP contribution in [0.15, 0.2) is 48.5 Å². The molecule has 2 aromatic carbocycles. The number of ketones is 1. The second kappa shape index (κ2) is 8.58. The highest BCUT2D eigenvalue weighted by Crippen LogP contribution is 2.14. The van der Waals surface area contributed by atoms with Gasteiger partial charge in [0.15, 0.2) is 6.61 Å². The molecular weight excluding hydrogens is 326 g/mol. The zero-order chi connectivity index (χ0) is 18.2. The molecule has 0 fully saturated rings. The number of hydrogen-bond acceptors (Lipinski definition) is 6. The minimum absolute atomic E-state index is 0.133. The summed E-state index contributed by atoms with van der Waals surface area (Å²) < 4.78 is 10.00. The van der Waals surface area contributed by atoms with E-state index >= 15 is 0 Å². The van der Waals surface area contributed by atoms with Crippen LogP contribution in [0.1, 0.15) is 22.3 Å². The first-order valence-corrected chi connectivity index (χ1v) is 7.56. The lowest BCUT2D eigenvalue weighted by atomic mass is 10.1. The van der Waals surface area contributed by atoms with Gasteiger partial charge in [-0.2, -0.15) is 0 Å². The Balaban J connectivity index is 1.81. The van der Waals surface area contributed by atoms with Gasteiger partial charge in [0.05, 0.1) is 12.0 Å². The van der Waals surface area contributed by atoms with Crippen LogP contribution in [-0.2, 0) is 16.0 Å². The Morgan fingerprint density at radius 1 is 1.12 bits per heavy atom. The molecule has 25 heavy (non-hydrogen) atoms. The number of nitrogens with zero attached hydrogens (tertiary/aromatic N) is 1. The second-order valence-electron chi connectivity index (χ2n) is 5.24. The molecule has 0 spiro atoms. The number of esters is 1. The van der Waals surface area contributed by atoms with E-state index in [0.29, 0.717) is 6.42 Å². The maximum absolute atomic E-state index is 12.0. The monoisotopic (exact) mass is 343 g/mol. The standard InChI is InChI=1S/C18H17NO6/c1-24-16-8-5-13(6-9-16)7-10-18(21)25-12-17(20)14-3-2-4-15(11-14)19(22)23/h2-6,8-9,11H,7,10,12H2,1H3. The summed E-state index contributed by atoms with van der Waals surface area (Å²) in [6, 6.07) is 12.6. The number of methoxy groups -OCH3 is 1. The second-order valence-corrected chi connectivity index (χ2v) is 5.24. The van der Waals surface area contributed by atoms with Gasteiger partial charge in [-0.3, -0.25) is 19.7 Å².